The van der Waals surface area contributed by atoms with Gasteiger partial charge in [0.25, 0.3) is 5.78 Å². The Morgan fingerprint density at radius 2 is 0.919 bits per heavy atom. The molecule has 7 rings (SSSR count). The molecule has 7 aromatic rings. The largest absolute Gasteiger partial charge is 2.00 e. The van der Waals surface area contributed by atoms with Gasteiger partial charge in [0, 0.05) is 46.6 Å². The van der Waals surface area contributed by atoms with Crippen molar-refractivity contribution >= 4 is 79.6 Å². The number of aliphatic hydroxyl groups excluding tert-OH is 2. The maximum absolute atomic E-state index is 12.5. The van der Waals surface area contributed by atoms with Gasteiger partial charge in [0.1, 0.15) is 51.5 Å². The van der Waals surface area contributed by atoms with Gasteiger partial charge in [-0.05, 0) is 11.1 Å². The summed E-state index contributed by atoms with van der Waals surface area (Å²) in [4.78, 5) is 56.3. The van der Waals surface area contributed by atoms with E-state index in [9.17, 15) is 71.9 Å². The SMILES string of the molecule is Cn1cc(C(F)(F)F)nc1-c1ccc(C=O)cc1.O=C(C(Br)Br)C(F)(F)F.O=Cc1ccc(-c2ncc(C(F)(F)F)[nH]2)cc1.O=Cc1ccc(CO)cc1.OCc1ccc(-c2ncc(C(F)(F)F)[nH]2)cc1.[Br-].[CH3-].[Mg+2]. The van der Waals surface area contributed by atoms with Gasteiger partial charge in [-0.15, -0.1) is 0 Å². The summed E-state index contributed by atoms with van der Waals surface area (Å²) in [7, 11) is 1.49. The van der Waals surface area contributed by atoms with E-state index in [0.717, 1.165) is 30.4 Å². The molecule has 0 bridgehead atoms. The van der Waals surface area contributed by atoms with E-state index in [-0.39, 0.29) is 78.1 Å². The zero-order valence-electron chi connectivity index (χ0n) is 37.9. The third-order valence-electron chi connectivity index (χ3n) is 8.74. The molecule has 0 aliphatic rings. The smallest absolute Gasteiger partial charge is 1.00 e. The molecule has 0 saturated heterocycles. The summed E-state index contributed by atoms with van der Waals surface area (Å²) >= 11 is 4.85. The van der Waals surface area contributed by atoms with Gasteiger partial charge >= 0.3 is 47.8 Å². The van der Waals surface area contributed by atoms with Gasteiger partial charge in [0.05, 0.1) is 25.6 Å². The van der Waals surface area contributed by atoms with Crippen molar-refractivity contribution in [3.63, 3.8) is 0 Å². The zero-order valence-corrected chi connectivity index (χ0v) is 44.1. The van der Waals surface area contributed by atoms with Gasteiger partial charge in [0.2, 0.25) is 0 Å². The number of nitrogens with one attached hydrogen (secondary N) is 2. The van der Waals surface area contributed by atoms with Crippen molar-refractivity contribution in [1.82, 2.24) is 29.5 Å². The van der Waals surface area contributed by atoms with E-state index in [1.807, 2.05) is 0 Å². The second kappa shape index (κ2) is 30.7. The third-order valence-corrected chi connectivity index (χ3v) is 9.57. The van der Waals surface area contributed by atoms with E-state index in [4.69, 9.17) is 10.2 Å². The Labute approximate surface area is 456 Å². The maximum Gasteiger partial charge on any atom is 2.00 e. The number of alkyl halides is 14. The maximum atomic E-state index is 12.5. The quantitative estimate of drug-likeness (QED) is 0.0361. The van der Waals surface area contributed by atoms with Crippen LogP contribution >= 0.6 is 31.9 Å². The molecule has 0 spiro atoms. The van der Waals surface area contributed by atoms with Crippen molar-refractivity contribution in [2.45, 2.75) is 41.7 Å². The standard InChI is InChI=1S/C12H9F3N2O.C11H9F3N2O.C11H7F3N2O.C8H8O2.C3HBr2F3O.CH3.BrH.Mg/c1-17-6-10(12(13,14)15)16-11(17)9-4-2-8(7-18)3-5-9;2*12-11(13,14)9-5-15-10(16-9)8-3-1-7(6-17)2-4-8;9-5-7-1-2-8(6-10)4-3-7;4-2(5)1(9)3(6,7)8;;;/h2-7H,1H3;1-5,17H,6H2,(H,15,16);1-6H,(H,15,16);1-5,10H,6H2;2H;1H3;1H;/q;;;;;-1;;+2/p-1. The van der Waals surface area contributed by atoms with Gasteiger partial charge in [0.15, 0.2) is 5.69 Å². The van der Waals surface area contributed by atoms with Crippen LogP contribution in [0, 0.1) is 7.43 Å². The molecular formula is C46H37Br3F12MgN6O6. The van der Waals surface area contributed by atoms with Crippen molar-refractivity contribution in [3.8, 4) is 34.2 Å². The van der Waals surface area contributed by atoms with E-state index < -0.39 is 51.3 Å². The fourth-order valence-electron chi connectivity index (χ4n) is 5.12. The van der Waals surface area contributed by atoms with Crippen LogP contribution in [-0.4, -0.2) is 97.3 Å². The van der Waals surface area contributed by atoms with E-state index in [1.165, 1.54) is 48.0 Å². The van der Waals surface area contributed by atoms with Crippen LogP contribution in [-0.2, 0) is 43.6 Å². The first kappa shape index (κ1) is 68.5. The Balaban J connectivity index is 0.000000913. The number of hydrogen-bond donors (Lipinski definition) is 4. The van der Waals surface area contributed by atoms with E-state index >= 15 is 0 Å². The molecule has 394 valence electrons. The van der Waals surface area contributed by atoms with Crippen LogP contribution in [0.15, 0.2) is 116 Å². The number of carbonyl (C=O) groups excluding carboxylic acids is 4. The van der Waals surface area contributed by atoms with Crippen LogP contribution in [0.5, 0.6) is 0 Å². The molecule has 0 aliphatic heterocycles. The molecule has 0 aliphatic carbocycles. The average molecular weight is 1260 g/mol. The third kappa shape index (κ3) is 21.7. The number of Topliss-reactive ketones (excluding diaryl/α,β-unsaturated/α-hetero) is 1. The molecule has 28 heteroatoms. The number of aromatic nitrogens is 6. The second-order valence-corrected chi connectivity index (χ2v) is 16.9. The normalized spacial score (nSPS) is 10.9. The number of aliphatic hydroxyl groups is 2. The summed E-state index contributed by atoms with van der Waals surface area (Å²) in [6, 6.07) is 25.5. The minimum Gasteiger partial charge on any atom is -1.00 e. The number of hydrogen-bond acceptors (Lipinski definition) is 9. The number of aromatic amines is 2. The molecule has 0 radical (unpaired) electrons. The van der Waals surface area contributed by atoms with Crippen LogP contribution in [0.3, 0.4) is 0 Å². The van der Waals surface area contributed by atoms with Gasteiger partial charge < -0.3 is 49.2 Å². The predicted octanol–water partition coefficient (Wildman–Crippen LogP) is 8.71. The van der Waals surface area contributed by atoms with Crippen LogP contribution < -0.4 is 17.0 Å². The number of aryl methyl sites for hydroxylation is 1. The summed E-state index contributed by atoms with van der Waals surface area (Å²) in [5.41, 5.74) is 1.92. The number of carbonyl (C=O) groups is 4. The number of halogens is 15. The average Bonchev–Trinajstić information content (AvgIpc) is 4.13. The molecule has 3 heterocycles. The molecule has 12 nitrogen and oxygen atoms in total. The number of rotatable bonds is 9. The van der Waals surface area contributed by atoms with Gasteiger partial charge in [-0.2, -0.15) is 52.7 Å². The number of imidazole rings is 3. The molecule has 4 N–H and O–H groups in total. The molecule has 0 unspecified atom stereocenters. The molecule has 0 fully saturated rings. The molecule has 0 amide bonds. The Bertz CT molecular complexity index is 2800. The summed E-state index contributed by atoms with van der Waals surface area (Å²) in [6.45, 7) is -0.0780. The van der Waals surface area contributed by atoms with Crippen LogP contribution in [0.25, 0.3) is 34.2 Å². The summed E-state index contributed by atoms with van der Waals surface area (Å²) < 4.78 is 145. The minimum absolute atomic E-state index is 0. The van der Waals surface area contributed by atoms with Gasteiger partial charge in [-0.1, -0.05) is 129 Å². The zero-order chi connectivity index (χ0) is 53.3. The number of H-pyrrole nitrogens is 2. The summed E-state index contributed by atoms with van der Waals surface area (Å²) in [5.74, 6) is -1.35. The summed E-state index contributed by atoms with van der Waals surface area (Å²) in [5, 5.41) is 17.5. The monoisotopic (exact) mass is 1260 g/mol. The Morgan fingerprint density at radius 1 is 0.595 bits per heavy atom. The van der Waals surface area contributed by atoms with E-state index in [2.05, 4.69) is 56.8 Å². The van der Waals surface area contributed by atoms with Gasteiger partial charge in [-0.3, -0.25) is 19.2 Å². The van der Waals surface area contributed by atoms with Crippen molar-refractivity contribution in [2.75, 3.05) is 0 Å². The van der Waals surface area contributed by atoms with Crippen molar-refractivity contribution in [2.24, 2.45) is 7.05 Å². The first-order valence-electron chi connectivity index (χ1n) is 19.4. The number of ketones is 1. The molecule has 3 aromatic heterocycles. The van der Waals surface area contributed by atoms with E-state index in [1.54, 1.807) is 60.7 Å². The van der Waals surface area contributed by atoms with Crippen LogP contribution in [0.1, 0.15) is 59.3 Å². The predicted molar refractivity (Wildman–Crippen MR) is 251 cm³/mol. The van der Waals surface area contributed by atoms with Crippen LogP contribution in [0.4, 0.5) is 52.7 Å². The van der Waals surface area contributed by atoms with Crippen molar-refractivity contribution in [1.29, 1.82) is 0 Å². The molecular weight excluding hydrogens is 1220 g/mol. The Hall–Kier alpha value is -5.52. The first-order valence-corrected chi connectivity index (χ1v) is 21.2. The summed E-state index contributed by atoms with van der Waals surface area (Å²) in [6.07, 6.45) is -13.5. The Kier molecular flexibility index (Phi) is 28.5. The fourth-order valence-corrected chi connectivity index (χ4v) is 5.64. The topological polar surface area (TPSA) is 184 Å². The van der Waals surface area contributed by atoms with E-state index in [0.29, 0.717) is 51.5 Å². The molecule has 0 saturated carbocycles. The van der Waals surface area contributed by atoms with Crippen molar-refractivity contribution < 1.29 is 99.1 Å². The number of aldehydes is 3. The molecule has 0 atom stereocenters. The molecule has 4 aromatic carbocycles. The number of benzene rings is 4. The Morgan fingerprint density at radius 3 is 1.18 bits per heavy atom. The first-order chi connectivity index (χ1) is 33.1. The van der Waals surface area contributed by atoms with Gasteiger partial charge in [-0.25, -0.2) is 15.0 Å². The fraction of sp³-hybridized carbons (Fsp3) is 0.174. The number of nitrogens with zero attached hydrogens (tertiary/aromatic N) is 4. The second-order valence-electron chi connectivity index (χ2n) is 13.9. The molecule has 74 heavy (non-hydrogen) atoms. The minimum atomic E-state index is -4.75. The van der Waals surface area contributed by atoms with Crippen molar-refractivity contribution in [3.05, 3.63) is 168 Å². The van der Waals surface area contributed by atoms with Crippen LogP contribution in [0.2, 0.25) is 0 Å².